The van der Waals surface area contributed by atoms with Gasteiger partial charge in [0.05, 0.1) is 12.1 Å². The summed E-state index contributed by atoms with van der Waals surface area (Å²) < 4.78 is 0.487. The maximum atomic E-state index is 13.9. The van der Waals surface area contributed by atoms with Gasteiger partial charge in [-0.05, 0) is 64.6 Å². The highest BCUT2D eigenvalue weighted by molar-refractivity contribution is 9.10. The number of hydrogen-bond donors (Lipinski definition) is 4. The van der Waals surface area contributed by atoms with Gasteiger partial charge in [-0.1, -0.05) is 53.5 Å². The Balaban J connectivity index is 1.73. The van der Waals surface area contributed by atoms with Gasteiger partial charge in [-0.2, -0.15) is 0 Å². The summed E-state index contributed by atoms with van der Waals surface area (Å²) in [7, 11) is 0. The molecule has 5 N–H and O–H groups in total. The molecule has 0 aromatic carbocycles. The van der Waals surface area contributed by atoms with Crippen LogP contribution in [-0.4, -0.2) is 75.9 Å². The summed E-state index contributed by atoms with van der Waals surface area (Å²) in [5.74, 6) is -3.37. The number of primary amides is 1. The topological polar surface area (TPSA) is 181 Å². The zero-order valence-electron chi connectivity index (χ0n) is 24.7. The number of nitrogens with zero attached hydrogens (tertiary/aromatic N) is 2. The standard InChI is InChI=1S/C29H41BrN6O6/c1-15(2)21(22(37)17-8-6-10-20(30)32-17)34-28(42)35-24(29(3,4)5)27(41)36-13-7-9-19(36)26(40)33-18(14-16-11-12-16)23(38)25(31)39/h6,8,10,15-16,18-19,21,24H,7,9,11-14H2,1-5H3,(H2,31,39)(H,33,40)(H2,34,35,42). The van der Waals surface area contributed by atoms with E-state index in [9.17, 15) is 28.8 Å². The smallest absolute Gasteiger partial charge is 0.316 e. The molecular formula is C29H41BrN6O6. The van der Waals surface area contributed by atoms with Crippen molar-refractivity contribution >= 4 is 51.2 Å². The minimum absolute atomic E-state index is 0.188. The largest absolute Gasteiger partial charge is 0.363 e. The molecule has 2 aliphatic rings. The van der Waals surface area contributed by atoms with Gasteiger partial charge in [-0.3, -0.25) is 24.0 Å². The molecule has 230 valence electrons. The molecule has 0 bridgehead atoms. The molecule has 13 heteroatoms. The van der Waals surface area contributed by atoms with Crippen molar-refractivity contribution in [1.29, 1.82) is 0 Å². The Bertz CT molecular complexity index is 1230. The maximum absolute atomic E-state index is 13.9. The fourth-order valence-electron chi connectivity index (χ4n) is 5.03. The van der Waals surface area contributed by atoms with Gasteiger partial charge in [-0.15, -0.1) is 0 Å². The number of Topliss-reactive ketones (excluding diaryl/α,β-unsaturated/α-hetero) is 2. The number of hydrogen-bond acceptors (Lipinski definition) is 7. The molecule has 1 aromatic rings. The fraction of sp³-hybridized carbons (Fsp3) is 0.621. The summed E-state index contributed by atoms with van der Waals surface area (Å²) in [5, 5.41) is 8.09. The van der Waals surface area contributed by atoms with Crippen LogP contribution in [-0.2, 0) is 19.2 Å². The normalized spacial score (nSPS) is 19.0. The maximum Gasteiger partial charge on any atom is 0.316 e. The second-order valence-electron chi connectivity index (χ2n) is 12.5. The van der Waals surface area contributed by atoms with Crippen molar-refractivity contribution in [3.8, 4) is 0 Å². The van der Waals surface area contributed by atoms with E-state index in [1.165, 1.54) is 4.90 Å². The Morgan fingerprint density at radius 1 is 1.05 bits per heavy atom. The Morgan fingerprint density at radius 2 is 1.71 bits per heavy atom. The average Bonchev–Trinajstić information content (AvgIpc) is 3.58. The Kier molecular flexibility index (Phi) is 10.9. The lowest BCUT2D eigenvalue weighted by atomic mass is 9.85. The Labute approximate surface area is 254 Å². The lowest BCUT2D eigenvalue weighted by Gasteiger charge is -2.36. The van der Waals surface area contributed by atoms with Crippen molar-refractivity contribution in [2.24, 2.45) is 23.0 Å². The van der Waals surface area contributed by atoms with Crippen molar-refractivity contribution in [3.05, 3.63) is 28.5 Å². The van der Waals surface area contributed by atoms with E-state index in [1.54, 1.807) is 52.8 Å². The number of halogens is 1. The number of carbonyl (C=O) groups excluding carboxylic acids is 6. The van der Waals surface area contributed by atoms with E-state index in [0.717, 1.165) is 12.8 Å². The third kappa shape index (κ3) is 8.59. The SMILES string of the molecule is CC(C)C(NC(=O)NC(C(=O)N1CCCC1C(=O)NC(CC1CC1)C(=O)C(N)=O)C(C)(C)C)C(=O)c1cccc(Br)n1. The molecule has 1 aromatic heterocycles. The van der Waals surface area contributed by atoms with E-state index in [4.69, 9.17) is 5.73 Å². The van der Waals surface area contributed by atoms with Crippen LogP contribution in [0.3, 0.4) is 0 Å². The minimum atomic E-state index is -1.11. The van der Waals surface area contributed by atoms with Crippen LogP contribution < -0.4 is 21.7 Å². The summed E-state index contributed by atoms with van der Waals surface area (Å²) in [4.78, 5) is 83.1. The van der Waals surface area contributed by atoms with Gasteiger partial charge in [0.2, 0.25) is 23.4 Å². The third-order valence-corrected chi connectivity index (χ3v) is 8.01. The summed E-state index contributed by atoms with van der Waals surface area (Å²) >= 11 is 3.25. The molecule has 1 aliphatic heterocycles. The molecular weight excluding hydrogens is 608 g/mol. The number of urea groups is 1. The molecule has 3 rings (SSSR count). The number of carbonyl (C=O) groups is 6. The Hall–Kier alpha value is -3.35. The molecule has 1 saturated heterocycles. The number of amides is 5. The Morgan fingerprint density at radius 3 is 2.26 bits per heavy atom. The first-order valence-corrected chi connectivity index (χ1v) is 15.1. The van der Waals surface area contributed by atoms with Crippen LogP contribution >= 0.6 is 15.9 Å². The van der Waals surface area contributed by atoms with Crippen molar-refractivity contribution in [2.75, 3.05) is 6.54 Å². The monoisotopic (exact) mass is 648 g/mol. The molecule has 4 atom stereocenters. The molecule has 1 saturated carbocycles. The van der Waals surface area contributed by atoms with E-state index in [1.807, 2.05) is 0 Å². The van der Waals surface area contributed by atoms with Gasteiger partial charge < -0.3 is 26.6 Å². The summed E-state index contributed by atoms with van der Waals surface area (Å²) in [6.45, 7) is 9.23. The molecule has 4 unspecified atom stereocenters. The van der Waals surface area contributed by atoms with Crippen molar-refractivity contribution < 1.29 is 28.8 Å². The van der Waals surface area contributed by atoms with Gasteiger partial charge in [0.1, 0.15) is 22.4 Å². The van der Waals surface area contributed by atoms with Crippen LogP contribution in [0.15, 0.2) is 22.8 Å². The summed E-state index contributed by atoms with van der Waals surface area (Å²) in [6.07, 6.45) is 3.07. The van der Waals surface area contributed by atoms with Crippen LogP contribution in [0.5, 0.6) is 0 Å². The quantitative estimate of drug-likeness (QED) is 0.152. The predicted octanol–water partition coefficient (Wildman–Crippen LogP) is 2.10. The van der Waals surface area contributed by atoms with Crippen LogP contribution in [0.25, 0.3) is 0 Å². The van der Waals surface area contributed by atoms with Gasteiger partial charge in [-0.25, -0.2) is 9.78 Å². The molecule has 2 heterocycles. The second kappa shape index (κ2) is 13.7. The first-order chi connectivity index (χ1) is 19.6. The fourth-order valence-corrected chi connectivity index (χ4v) is 5.37. The highest BCUT2D eigenvalue weighted by Gasteiger charge is 2.43. The van der Waals surface area contributed by atoms with Crippen LogP contribution in [0.1, 0.15) is 77.2 Å². The highest BCUT2D eigenvalue weighted by Crippen LogP contribution is 2.34. The van der Waals surface area contributed by atoms with E-state index >= 15 is 0 Å². The lowest BCUT2D eigenvalue weighted by Crippen LogP contribution is -2.61. The zero-order valence-corrected chi connectivity index (χ0v) is 26.3. The molecule has 0 spiro atoms. The average molecular weight is 650 g/mol. The third-order valence-electron chi connectivity index (χ3n) is 7.57. The van der Waals surface area contributed by atoms with Crippen molar-refractivity contribution in [3.63, 3.8) is 0 Å². The molecule has 0 radical (unpaired) electrons. The lowest BCUT2D eigenvalue weighted by molar-refractivity contribution is -0.143. The van der Waals surface area contributed by atoms with Gasteiger partial charge >= 0.3 is 6.03 Å². The van der Waals surface area contributed by atoms with Crippen LogP contribution in [0.4, 0.5) is 4.79 Å². The summed E-state index contributed by atoms with van der Waals surface area (Å²) in [5.41, 5.74) is 4.64. The predicted molar refractivity (Wildman–Crippen MR) is 158 cm³/mol. The number of rotatable bonds is 12. The van der Waals surface area contributed by atoms with E-state index < -0.39 is 59.1 Å². The van der Waals surface area contributed by atoms with Crippen LogP contribution in [0, 0.1) is 17.3 Å². The van der Waals surface area contributed by atoms with Crippen molar-refractivity contribution in [1.82, 2.24) is 25.8 Å². The van der Waals surface area contributed by atoms with Gasteiger partial charge in [0, 0.05) is 6.54 Å². The molecule has 2 fully saturated rings. The molecule has 5 amide bonds. The summed E-state index contributed by atoms with van der Waals surface area (Å²) in [6, 6.07) is 0.379. The molecule has 1 aliphatic carbocycles. The first kappa shape index (κ1) is 33.2. The van der Waals surface area contributed by atoms with Gasteiger partial charge in [0.25, 0.3) is 5.91 Å². The van der Waals surface area contributed by atoms with Crippen LogP contribution in [0.2, 0.25) is 0 Å². The molecule has 42 heavy (non-hydrogen) atoms. The zero-order chi connectivity index (χ0) is 31.4. The molecule has 12 nitrogen and oxygen atoms in total. The number of aromatic nitrogens is 1. The number of likely N-dealkylation sites (tertiary alicyclic amines) is 1. The first-order valence-electron chi connectivity index (χ1n) is 14.3. The number of nitrogens with two attached hydrogens (primary N) is 1. The minimum Gasteiger partial charge on any atom is -0.363 e. The van der Waals surface area contributed by atoms with Gasteiger partial charge in [0.15, 0.2) is 0 Å². The van der Waals surface area contributed by atoms with Crippen molar-refractivity contribution in [2.45, 2.75) is 90.9 Å². The second-order valence-corrected chi connectivity index (χ2v) is 13.3. The number of nitrogens with one attached hydrogen (secondary N) is 3. The van der Waals surface area contributed by atoms with E-state index in [2.05, 4.69) is 36.9 Å². The van der Waals surface area contributed by atoms with E-state index in [-0.39, 0.29) is 29.9 Å². The highest BCUT2D eigenvalue weighted by atomic mass is 79.9. The van der Waals surface area contributed by atoms with E-state index in [0.29, 0.717) is 23.9 Å². The number of ketones is 2. The number of pyridine rings is 1.